The summed E-state index contributed by atoms with van der Waals surface area (Å²) >= 11 is 0. The van der Waals surface area contributed by atoms with Gasteiger partial charge in [0.25, 0.3) is 0 Å². The molecule has 0 unspecified atom stereocenters. The summed E-state index contributed by atoms with van der Waals surface area (Å²) in [5.41, 5.74) is 6.78. The fourth-order valence-electron chi connectivity index (χ4n) is 0.153. The predicted octanol–water partition coefficient (Wildman–Crippen LogP) is -0.989. The lowest BCUT2D eigenvalue weighted by Gasteiger charge is -2.07. The van der Waals surface area contributed by atoms with Crippen molar-refractivity contribution in [2.24, 2.45) is 0 Å². The third kappa shape index (κ3) is 2.56. The lowest BCUT2D eigenvalue weighted by atomic mass is 10.2. The van der Waals surface area contributed by atoms with Crippen LogP contribution in [0.25, 0.3) is 0 Å². The van der Waals surface area contributed by atoms with Crippen molar-refractivity contribution in [2.45, 2.75) is 19.1 Å². The summed E-state index contributed by atoms with van der Waals surface area (Å²) in [6.07, 6.45) is -0.718. The molecule has 0 saturated carbocycles. The zero-order valence-corrected chi connectivity index (χ0v) is 4.26. The molecular weight excluding hydrogens is 94.0 g/mol. The Hall–Kier alpha value is -0.120. The molecule has 0 spiro atoms. The zero-order chi connectivity index (χ0) is 5.86. The van der Waals surface area contributed by atoms with Crippen LogP contribution < -0.4 is 5.73 Å². The van der Waals surface area contributed by atoms with Crippen LogP contribution in [-0.2, 0) is 0 Å². The van der Waals surface area contributed by atoms with E-state index in [4.69, 9.17) is 15.9 Å². The average molecular weight is 104 g/mol. The third-order valence-corrected chi connectivity index (χ3v) is 0.779. The first-order valence-corrected chi connectivity index (χ1v) is 2.18. The quantitative estimate of drug-likeness (QED) is 0.472. The molecule has 7 heavy (non-hydrogen) atoms. The van der Waals surface area contributed by atoms with Gasteiger partial charge < -0.3 is 10.2 Å². The minimum Gasteiger partial charge on any atom is -0.395 e. The van der Waals surface area contributed by atoms with E-state index in [-0.39, 0.29) is 6.61 Å². The van der Waals surface area contributed by atoms with Gasteiger partial charge in [-0.3, -0.25) is 0 Å². The number of rotatable bonds is 2. The number of nitrogens with one attached hydrogen (secondary N) is 1. The molecule has 0 bridgehead atoms. The molecule has 0 aliphatic rings. The number of aliphatic hydroxyl groups is 2. The Kier molecular flexibility index (Phi) is 2.91. The molecule has 0 heterocycles. The number of aliphatic hydroxyl groups excluding tert-OH is 2. The minimum absolute atomic E-state index is 0.266. The van der Waals surface area contributed by atoms with Crippen LogP contribution in [0.3, 0.4) is 0 Å². The Bertz CT molecular complexity index is 47.0. The highest BCUT2D eigenvalue weighted by Gasteiger charge is 2.05. The van der Waals surface area contributed by atoms with E-state index in [2.05, 4.69) is 0 Å². The van der Waals surface area contributed by atoms with Crippen LogP contribution in [0.2, 0.25) is 0 Å². The summed E-state index contributed by atoms with van der Waals surface area (Å²) in [4.78, 5) is 0. The van der Waals surface area contributed by atoms with Gasteiger partial charge in [-0.15, -0.1) is 0 Å². The lowest BCUT2D eigenvalue weighted by Crippen LogP contribution is -2.27. The highest BCUT2D eigenvalue weighted by molar-refractivity contribution is 4.62. The highest BCUT2D eigenvalue weighted by atomic mass is 16.3. The second-order valence-corrected chi connectivity index (χ2v) is 1.53. The topological polar surface area (TPSA) is 64.3 Å². The summed E-state index contributed by atoms with van der Waals surface area (Å²) in [5, 5.41) is 16.6. The van der Waals surface area contributed by atoms with Gasteiger partial charge in [0.15, 0.2) is 0 Å². The average Bonchev–Trinajstić information content (AvgIpc) is 1.65. The summed E-state index contributed by atoms with van der Waals surface area (Å²) in [6.45, 7) is 1.21. The van der Waals surface area contributed by atoms with Crippen molar-refractivity contribution < 1.29 is 10.2 Å². The van der Waals surface area contributed by atoms with E-state index >= 15 is 0 Å². The van der Waals surface area contributed by atoms with E-state index in [1.54, 1.807) is 0 Å². The second-order valence-electron chi connectivity index (χ2n) is 1.53. The van der Waals surface area contributed by atoms with Gasteiger partial charge in [0.2, 0.25) is 0 Å². The Labute approximate surface area is 42.8 Å². The third-order valence-electron chi connectivity index (χ3n) is 0.779. The van der Waals surface area contributed by atoms with E-state index in [9.17, 15) is 0 Å². The molecule has 0 aromatic carbocycles. The van der Waals surface area contributed by atoms with Crippen LogP contribution in [0, 0.1) is 0 Å². The summed E-state index contributed by atoms with van der Waals surface area (Å²) in [5.74, 6) is 0. The molecule has 3 nitrogen and oxygen atoms in total. The monoisotopic (exact) mass is 104 g/mol. The van der Waals surface area contributed by atoms with Crippen LogP contribution in [0.15, 0.2) is 0 Å². The molecule has 0 saturated heterocycles. The SMILES string of the molecule is C[C@H](O)[C@@H]([NH])CO. The van der Waals surface area contributed by atoms with E-state index in [0.717, 1.165) is 0 Å². The molecule has 2 atom stereocenters. The van der Waals surface area contributed by atoms with Gasteiger partial charge in [-0.2, -0.15) is 0 Å². The van der Waals surface area contributed by atoms with Gasteiger partial charge in [-0.1, -0.05) is 0 Å². The van der Waals surface area contributed by atoms with Crippen LogP contribution in [-0.4, -0.2) is 29.0 Å². The summed E-state index contributed by atoms with van der Waals surface area (Å²) < 4.78 is 0. The van der Waals surface area contributed by atoms with Crippen LogP contribution >= 0.6 is 0 Å². The van der Waals surface area contributed by atoms with Gasteiger partial charge in [0, 0.05) is 0 Å². The standard InChI is InChI=1S/C4H10NO2/c1-3(7)4(5)2-6/h3-7H,2H2,1H3/t3-,4-/m0/s1. The number of hydrogen-bond donors (Lipinski definition) is 2. The Morgan fingerprint density at radius 1 is 1.71 bits per heavy atom. The maximum Gasteiger partial charge on any atom is 0.0701 e. The maximum absolute atomic E-state index is 8.47. The van der Waals surface area contributed by atoms with E-state index in [1.165, 1.54) is 6.92 Å². The van der Waals surface area contributed by atoms with Crippen molar-refractivity contribution in [1.29, 1.82) is 0 Å². The van der Waals surface area contributed by atoms with Crippen LogP contribution in [0.1, 0.15) is 6.92 Å². The smallest absolute Gasteiger partial charge is 0.0701 e. The van der Waals surface area contributed by atoms with Crippen molar-refractivity contribution >= 4 is 0 Å². The normalized spacial score (nSPS) is 18.9. The molecule has 0 fully saturated rings. The minimum atomic E-state index is -0.736. The Morgan fingerprint density at radius 2 is 2.14 bits per heavy atom. The largest absolute Gasteiger partial charge is 0.395 e. The van der Waals surface area contributed by atoms with Crippen LogP contribution in [0.5, 0.6) is 0 Å². The van der Waals surface area contributed by atoms with Gasteiger partial charge in [-0.25, -0.2) is 5.73 Å². The van der Waals surface area contributed by atoms with E-state index in [1.807, 2.05) is 0 Å². The van der Waals surface area contributed by atoms with E-state index in [0.29, 0.717) is 0 Å². The molecule has 0 amide bonds. The molecule has 0 aromatic rings. The first-order valence-electron chi connectivity index (χ1n) is 2.18. The molecular formula is C4H10NO2. The van der Waals surface area contributed by atoms with Crippen molar-refractivity contribution in [2.75, 3.05) is 6.61 Å². The second kappa shape index (κ2) is 2.96. The van der Waals surface area contributed by atoms with Crippen LogP contribution in [0.4, 0.5) is 0 Å². The fourth-order valence-corrected chi connectivity index (χ4v) is 0.153. The fraction of sp³-hybridized carbons (Fsp3) is 1.00. The van der Waals surface area contributed by atoms with E-state index < -0.39 is 12.1 Å². The molecule has 3 N–H and O–H groups in total. The highest BCUT2D eigenvalue weighted by Crippen LogP contribution is 1.85. The lowest BCUT2D eigenvalue weighted by molar-refractivity contribution is 0.120. The molecule has 0 aromatic heterocycles. The molecule has 1 radical (unpaired) electrons. The zero-order valence-electron chi connectivity index (χ0n) is 4.26. The molecule has 43 valence electrons. The van der Waals surface area contributed by atoms with Crippen molar-refractivity contribution in [3.63, 3.8) is 0 Å². The molecule has 0 aliphatic carbocycles. The molecule has 0 aliphatic heterocycles. The van der Waals surface area contributed by atoms with Gasteiger partial charge in [-0.05, 0) is 6.92 Å². The summed E-state index contributed by atoms with van der Waals surface area (Å²) in [7, 11) is 0. The van der Waals surface area contributed by atoms with Crippen molar-refractivity contribution in [3.8, 4) is 0 Å². The molecule has 0 rings (SSSR count). The van der Waals surface area contributed by atoms with Crippen molar-refractivity contribution in [3.05, 3.63) is 0 Å². The maximum atomic E-state index is 8.47. The Morgan fingerprint density at radius 3 is 2.14 bits per heavy atom. The van der Waals surface area contributed by atoms with Crippen molar-refractivity contribution in [1.82, 2.24) is 5.73 Å². The van der Waals surface area contributed by atoms with Gasteiger partial charge in [0.05, 0.1) is 18.8 Å². The molecule has 3 heteroatoms. The predicted molar refractivity (Wildman–Crippen MR) is 25.7 cm³/mol. The summed E-state index contributed by atoms with van der Waals surface area (Å²) in [6, 6.07) is -0.736. The number of hydrogen-bond acceptors (Lipinski definition) is 2. The van der Waals surface area contributed by atoms with Gasteiger partial charge >= 0.3 is 0 Å². The Balaban J connectivity index is 3.14. The van der Waals surface area contributed by atoms with Gasteiger partial charge in [0.1, 0.15) is 0 Å². The first-order chi connectivity index (χ1) is 3.18. The first kappa shape index (κ1) is 6.88.